The van der Waals surface area contributed by atoms with Crippen LogP contribution in [0, 0.1) is 0 Å². The molecule has 2 atom stereocenters. The average molecular weight is 959 g/mol. The number of ether oxygens (including phenoxy) is 1. The topological polar surface area (TPSA) is 95.9 Å². The minimum absolute atomic E-state index is 0.000649. The molecule has 0 heterocycles. The van der Waals surface area contributed by atoms with E-state index in [-0.39, 0.29) is 18.5 Å². The summed E-state index contributed by atoms with van der Waals surface area (Å²) in [6.07, 6.45) is 70.4. The van der Waals surface area contributed by atoms with Crippen molar-refractivity contribution in [2.75, 3.05) is 13.2 Å². The second kappa shape index (κ2) is 57.9. The Kier molecular flexibility index (Phi) is 56.5. The van der Waals surface area contributed by atoms with Gasteiger partial charge in [0.1, 0.15) is 0 Å². The molecule has 0 saturated heterocycles. The van der Waals surface area contributed by atoms with E-state index in [1.54, 1.807) is 0 Å². The van der Waals surface area contributed by atoms with Gasteiger partial charge in [0.05, 0.1) is 25.4 Å². The molecule has 3 N–H and O–H groups in total. The summed E-state index contributed by atoms with van der Waals surface area (Å²) in [4.78, 5) is 24.5. The number of rotatable bonds is 57. The van der Waals surface area contributed by atoms with Gasteiger partial charge in [-0.2, -0.15) is 0 Å². The summed E-state index contributed by atoms with van der Waals surface area (Å²) in [5.41, 5.74) is 0. The number of carbonyl (C=O) groups excluding carboxylic acids is 2. The SMILES string of the molecule is CCCC/C=C\CCCCCCCC(=O)OCCCCCCCCCCCCCC/C=C\CCCCCCCCCC(=O)NC(CO)C(O)CCCCCCCCCCCCCCCCCCC. The highest BCUT2D eigenvalue weighted by molar-refractivity contribution is 5.76. The van der Waals surface area contributed by atoms with E-state index in [4.69, 9.17) is 4.74 Å². The number of amides is 1. The molecule has 0 aromatic rings. The molecule has 6 heteroatoms. The lowest BCUT2D eigenvalue weighted by atomic mass is 10.0. The predicted molar refractivity (Wildman–Crippen MR) is 296 cm³/mol. The first-order valence-corrected chi connectivity index (χ1v) is 30.6. The van der Waals surface area contributed by atoms with Crippen LogP contribution in [0.1, 0.15) is 335 Å². The Morgan fingerprint density at radius 3 is 1.09 bits per heavy atom. The highest BCUT2D eigenvalue weighted by Crippen LogP contribution is 2.17. The molecule has 1 amide bonds. The Labute approximate surface area is 424 Å². The lowest BCUT2D eigenvalue weighted by Gasteiger charge is -2.22. The minimum Gasteiger partial charge on any atom is -0.466 e. The van der Waals surface area contributed by atoms with Gasteiger partial charge in [0.25, 0.3) is 0 Å². The molecule has 0 saturated carbocycles. The lowest BCUT2D eigenvalue weighted by Crippen LogP contribution is -2.45. The van der Waals surface area contributed by atoms with Crippen molar-refractivity contribution in [3.05, 3.63) is 24.3 Å². The average Bonchev–Trinajstić information content (AvgIpc) is 3.34. The van der Waals surface area contributed by atoms with Crippen LogP contribution in [0.3, 0.4) is 0 Å². The van der Waals surface area contributed by atoms with E-state index in [0.717, 1.165) is 44.9 Å². The molecule has 0 rings (SSSR count). The summed E-state index contributed by atoms with van der Waals surface area (Å²) >= 11 is 0. The first kappa shape index (κ1) is 66.3. The van der Waals surface area contributed by atoms with Crippen molar-refractivity contribution in [1.29, 1.82) is 0 Å². The van der Waals surface area contributed by atoms with E-state index in [9.17, 15) is 19.8 Å². The summed E-state index contributed by atoms with van der Waals surface area (Å²) in [5, 5.41) is 23.3. The van der Waals surface area contributed by atoms with Crippen LogP contribution < -0.4 is 5.32 Å². The predicted octanol–water partition coefficient (Wildman–Crippen LogP) is 19.0. The van der Waals surface area contributed by atoms with Crippen LogP contribution in [0.2, 0.25) is 0 Å². The van der Waals surface area contributed by atoms with Gasteiger partial charge in [-0.25, -0.2) is 0 Å². The van der Waals surface area contributed by atoms with Crippen LogP contribution in [0.5, 0.6) is 0 Å². The monoisotopic (exact) mass is 958 g/mol. The maximum Gasteiger partial charge on any atom is 0.305 e. The molecule has 0 aliphatic rings. The van der Waals surface area contributed by atoms with Crippen molar-refractivity contribution in [2.24, 2.45) is 0 Å². The summed E-state index contributed by atoms with van der Waals surface area (Å²) in [5.74, 6) is -0.0384. The number of esters is 1. The molecule has 0 radical (unpaired) electrons. The molecule has 0 aromatic heterocycles. The van der Waals surface area contributed by atoms with Crippen molar-refractivity contribution >= 4 is 11.9 Å². The summed E-state index contributed by atoms with van der Waals surface area (Å²) in [7, 11) is 0. The van der Waals surface area contributed by atoms with E-state index in [1.807, 2.05) is 0 Å². The molecule has 0 spiro atoms. The zero-order valence-corrected chi connectivity index (χ0v) is 45.9. The van der Waals surface area contributed by atoms with E-state index < -0.39 is 12.1 Å². The fourth-order valence-electron chi connectivity index (χ4n) is 9.50. The molecule has 2 unspecified atom stereocenters. The second-order valence-electron chi connectivity index (χ2n) is 21.0. The quantitative estimate of drug-likeness (QED) is 0.0321. The molecule has 0 aliphatic carbocycles. The molecule has 0 fully saturated rings. The molecule has 0 aliphatic heterocycles. The fourth-order valence-corrected chi connectivity index (χ4v) is 9.50. The Hall–Kier alpha value is -1.66. The van der Waals surface area contributed by atoms with E-state index in [2.05, 4.69) is 43.5 Å². The third kappa shape index (κ3) is 53.7. The Bertz CT molecular complexity index is 1060. The van der Waals surface area contributed by atoms with Crippen molar-refractivity contribution < 1.29 is 24.5 Å². The Morgan fingerprint density at radius 1 is 0.397 bits per heavy atom. The van der Waals surface area contributed by atoms with Gasteiger partial charge in [-0.1, -0.05) is 276 Å². The molecule has 0 aromatic carbocycles. The van der Waals surface area contributed by atoms with Crippen LogP contribution in [-0.2, 0) is 14.3 Å². The lowest BCUT2D eigenvalue weighted by molar-refractivity contribution is -0.143. The van der Waals surface area contributed by atoms with Crippen molar-refractivity contribution in [1.82, 2.24) is 5.32 Å². The molecule has 68 heavy (non-hydrogen) atoms. The van der Waals surface area contributed by atoms with Crippen LogP contribution >= 0.6 is 0 Å². The van der Waals surface area contributed by atoms with Gasteiger partial charge in [-0.3, -0.25) is 9.59 Å². The third-order valence-electron chi connectivity index (χ3n) is 14.2. The van der Waals surface area contributed by atoms with Crippen LogP contribution in [-0.4, -0.2) is 47.4 Å². The highest BCUT2D eigenvalue weighted by Gasteiger charge is 2.20. The van der Waals surface area contributed by atoms with Crippen molar-refractivity contribution in [3.63, 3.8) is 0 Å². The van der Waals surface area contributed by atoms with E-state index in [1.165, 1.54) is 257 Å². The summed E-state index contributed by atoms with van der Waals surface area (Å²) in [6, 6.07) is -0.546. The standard InChI is InChI=1S/C62H119NO5/c1-3-5-7-9-11-13-15-16-17-25-28-31-35-38-42-46-50-54-60(65)59(58-64)63-61(66)55-51-47-43-39-36-32-29-26-23-21-19-18-20-22-24-27-30-33-37-41-45-49-53-57-68-62(67)56-52-48-44-40-34-14-12-10-8-6-4-2/h10,12,21,23,59-60,64-65H,3-9,11,13-20,22,24-58H2,1-2H3,(H,63,66)/b12-10-,23-21-. The van der Waals surface area contributed by atoms with Crippen molar-refractivity contribution in [3.8, 4) is 0 Å². The van der Waals surface area contributed by atoms with Crippen LogP contribution in [0.25, 0.3) is 0 Å². The largest absolute Gasteiger partial charge is 0.466 e. The smallest absolute Gasteiger partial charge is 0.305 e. The molecule has 6 nitrogen and oxygen atoms in total. The van der Waals surface area contributed by atoms with E-state index >= 15 is 0 Å². The fraction of sp³-hybridized carbons (Fsp3) is 0.903. The van der Waals surface area contributed by atoms with Gasteiger partial charge in [0.15, 0.2) is 0 Å². The third-order valence-corrected chi connectivity index (χ3v) is 14.2. The zero-order valence-electron chi connectivity index (χ0n) is 45.9. The van der Waals surface area contributed by atoms with Crippen LogP contribution in [0.4, 0.5) is 0 Å². The number of carbonyl (C=O) groups is 2. The normalized spacial score (nSPS) is 12.7. The first-order valence-electron chi connectivity index (χ1n) is 30.6. The molecular weight excluding hydrogens is 839 g/mol. The maximum atomic E-state index is 12.5. The van der Waals surface area contributed by atoms with Gasteiger partial charge in [-0.05, 0) is 70.6 Å². The maximum absolute atomic E-state index is 12.5. The number of aliphatic hydroxyl groups excluding tert-OH is 2. The molecular formula is C62H119NO5. The number of allylic oxidation sites excluding steroid dienone is 4. The molecule has 402 valence electrons. The highest BCUT2D eigenvalue weighted by atomic mass is 16.5. The number of unbranched alkanes of at least 4 members (excludes halogenated alkanes) is 42. The van der Waals surface area contributed by atoms with Gasteiger partial charge in [0, 0.05) is 12.8 Å². The Morgan fingerprint density at radius 2 is 0.706 bits per heavy atom. The van der Waals surface area contributed by atoms with Gasteiger partial charge in [0.2, 0.25) is 5.91 Å². The van der Waals surface area contributed by atoms with Gasteiger partial charge < -0.3 is 20.3 Å². The molecule has 0 bridgehead atoms. The number of aliphatic hydroxyl groups is 2. The summed E-state index contributed by atoms with van der Waals surface area (Å²) in [6.45, 7) is 4.93. The van der Waals surface area contributed by atoms with E-state index in [0.29, 0.717) is 25.9 Å². The summed E-state index contributed by atoms with van der Waals surface area (Å²) < 4.78 is 5.46. The Balaban J connectivity index is 3.42. The number of hydrogen-bond acceptors (Lipinski definition) is 5. The first-order chi connectivity index (χ1) is 33.5. The minimum atomic E-state index is -0.668. The van der Waals surface area contributed by atoms with Gasteiger partial charge in [-0.15, -0.1) is 0 Å². The number of nitrogens with one attached hydrogen (secondary N) is 1. The second-order valence-corrected chi connectivity index (χ2v) is 21.0. The zero-order chi connectivity index (χ0) is 49.3. The van der Waals surface area contributed by atoms with Crippen molar-refractivity contribution in [2.45, 2.75) is 347 Å². The number of hydrogen-bond donors (Lipinski definition) is 3. The van der Waals surface area contributed by atoms with Gasteiger partial charge >= 0.3 is 5.97 Å². The van der Waals surface area contributed by atoms with Crippen LogP contribution in [0.15, 0.2) is 24.3 Å².